The number of fused-ring (bicyclic) bond motifs is 1. The highest BCUT2D eigenvalue weighted by Gasteiger charge is 2.31. The molecule has 118 valence electrons. The van der Waals surface area contributed by atoms with Gasteiger partial charge in [0.25, 0.3) is 0 Å². The number of hydrogen-bond donors (Lipinski definition) is 1. The summed E-state index contributed by atoms with van der Waals surface area (Å²) in [7, 11) is -3.10. The molecule has 2 rings (SSSR count). The van der Waals surface area contributed by atoms with Gasteiger partial charge in [-0.05, 0) is 38.8 Å². The first-order valence-electron chi connectivity index (χ1n) is 7.06. The molecule has 1 heterocycles. The minimum absolute atomic E-state index is 0.122. The van der Waals surface area contributed by atoms with Gasteiger partial charge in [0.15, 0.2) is 9.84 Å². The number of benzene rings is 1. The molecule has 0 aromatic heterocycles. The molecule has 1 aliphatic rings. The highest BCUT2D eigenvalue weighted by Crippen LogP contribution is 2.34. The summed E-state index contributed by atoms with van der Waals surface area (Å²) in [6.45, 7) is 4.62. The molecule has 21 heavy (non-hydrogen) atoms. The summed E-state index contributed by atoms with van der Waals surface area (Å²) in [5.41, 5.74) is 1.10. The molecule has 1 N–H and O–H groups in total. The standard InChI is InChI=1S/C15H22BrNO3S/c1-15(2,21(3,18)19)10-17-13-5-4-8-20-14-9-11(16)6-7-12(13)14/h6-7,9,13,17H,4-5,8,10H2,1-3H3. The Bertz CT molecular complexity index is 613. The summed E-state index contributed by atoms with van der Waals surface area (Å²) in [5, 5.41) is 3.41. The molecule has 1 aromatic carbocycles. The molecule has 0 saturated carbocycles. The van der Waals surface area contributed by atoms with Gasteiger partial charge in [-0.15, -0.1) is 0 Å². The Labute approximate surface area is 135 Å². The Kier molecular flexibility index (Phi) is 5.00. The zero-order chi connectivity index (χ0) is 15.7. The maximum Gasteiger partial charge on any atom is 0.153 e. The van der Waals surface area contributed by atoms with Gasteiger partial charge in [0.05, 0.1) is 11.4 Å². The van der Waals surface area contributed by atoms with Crippen molar-refractivity contribution in [3.8, 4) is 5.75 Å². The number of halogens is 1. The van der Waals surface area contributed by atoms with Gasteiger partial charge in [0.1, 0.15) is 5.75 Å². The van der Waals surface area contributed by atoms with Crippen LogP contribution in [-0.4, -0.2) is 32.6 Å². The van der Waals surface area contributed by atoms with E-state index in [2.05, 4.69) is 21.2 Å². The summed E-state index contributed by atoms with van der Waals surface area (Å²) < 4.78 is 29.6. The van der Waals surface area contributed by atoms with Crippen molar-refractivity contribution in [2.24, 2.45) is 0 Å². The molecular formula is C15H22BrNO3S. The van der Waals surface area contributed by atoms with Gasteiger partial charge in [-0.2, -0.15) is 0 Å². The molecule has 0 fully saturated rings. The number of nitrogens with one attached hydrogen (secondary N) is 1. The summed E-state index contributed by atoms with van der Waals surface area (Å²) in [6, 6.07) is 6.12. The summed E-state index contributed by atoms with van der Waals surface area (Å²) in [5.74, 6) is 0.872. The van der Waals surface area contributed by atoms with Crippen LogP contribution in [0.4, 0.5) is 0 Å². The van der Waals surface area contributed by atoms with Crippen molar-refractivity contribution in [2.45, 2.75) is 37.5 Å². The molecule has 0 saturated heterocycles. The van der Waals surface area contributed by atoms with Gasteiger partial charge in [0, 0.05) is 28.9 Å². The minimum atomic E-state index is -3.10. The third-order valence-corrected chi connectivity index (χ3v) is 6.67. The number of sulfone groups is 1. The zero-order valence-electron chi connectivity index (χ0n) is 12.6. The Balaban J connectivity index is 2.18. The van der Waals surface area contributed by atoms with Crippen LogP contribution < -0.4 is 10.1 Å². The van der Waals surface area contributed by atoms with Crippen molar-refractivity contribution in [3.05, 3.63) is 28.2 Å². The van der Waals surface area contributed by atoms with E-state index in [1.54, 1.807) is 13.8 Å². The third kappa shape index (κ3) is 3.99. The lowest BCUT2D eigenvalue weighted by Gasteiger charge is -2.27. The normalized spacial score (nSPS) is 19.5. The lowest BCUT2D eigenvalue weighted by atomic mass is 10.0. The van der Waals surface area contributed by atoms with Crippen molar-refractivity contribution >= 4 is 25.8 Å². The van der Waals surface area contributed by atoms with Crippen LogP contribution in [0.25, 0.3) is 0 Å². The van der Waals surface area contributed by atoms with Crippen molar-refractivity contribution in [2.75, 3.05) is 19.4 Å². The molecule has 0 radical (unpaired) electrons. The zero-order valence-corrected chi connectivity index (χ0v) is 15.1. The van der Waals surface area contributed by atoms with Crippen LogP contribution in [-0.2, 0) is 9.84 Å². The van der Waals surface area contributed by atoms with Gasteiger partial charge < -0.3 is 10.1 Å². The van der Waals surface area contributed by atoms with Crippen molar-refractivity contribution in [1.82, 2.24) is 5.32 Å². The van der Waals surface area contributed by atoms with Crippen molar-refractivity contribution in [3.63, 3.8) is 0 Å². The highest BCUT2D eigenvalue weighted by molar-refractivity contribution is 9.10. The van der Waals surface area contributed by atoms with E-state index >= 15 is 0 Å². The number of ether oxygens (including phenoxy) is 1. The molecule has 1 atom stereocenters. The van der Waals surface area contributed by atoms with Gasteiger partial charge in [-0.3, -0.25) is 0 Å². The van der Waals surface area contributed by atoms with E-state index in [0.29, 0.717) is 13.2 Å². The fourth-order valence-corrected chi connectivity index (χ4v) is 2.94. The fourth-order valence-electron chi connectivity index (χ4n) is 2.26. The van der Waals surface area contributed by atoms with Crippen LogP contribution in [0.1, 0.15) is 38.3 Å². The SMILES string of the molecule is CC(C)(CNC1CCCOc2cc(Br)ccc21)S(C)(=O)=O. The predicted octanol–water partition coefficient (Wildman–Crippen LogP) is 3.08. The van der Waals surface area contributed by atoms with Gasteiger partial charge in [0.2, 0.25) is 0 Å². The van der Waals surface area contributed by atoms with E-state index in [-0.39, 0.29) is 6.04 Å². The molecular weight excluding hydrogens is 354 g/mol. The molecule has 1 aliphatic heterocycles. The third-order valence-electron chi connectivity index (χ3n) is 4.02. The lowest BCUT2D eigenvalue weighted by Crippen LogP contribution is -2.42. The summed E-state index contributed by atoms with van der Waals surface area (Å²) >= 11 is 3.45. The molecule has 0 bridgehead atoms. The van der Waals surface area contributed by atoms with Crippen LogP contribution in [0.5, 0.6) is 5.75 Å². The maximum absolute atomic E-state index is 11.8. The Morgan fingerprint density at radius 2 is 2.14 bits per heavy atom. The second-order valence-electron chi connectivity index (χ2n) is 6.14. The van der Waals surface area contributed by atoms with Crippen LogP contribution >= 0.6 is 15.9 Å². The first-order valence-corrected chi connectivity index (χ1v) is 9.74. The molecule has 4 nitrogen and oxygen atoms in total. The van der Waals surface area contributed by atoms with Crippen LogP contribution in [0.15, 0.2) is 22.7 Å². The van der Waals surface area contributed by atoms with Crippen LogP contribution in [0.3, 0.4) is 0 Å². The van der Waals surface area contributed by atoms with Crippen LogP contribution in [0.2, 0.25) is 0 Å². The maximum atomic E-state index is 11.8. The topological polar surface area (TPSA) is 55.4 Å². The van der Waals surface area contributed by atoms with Crippen molar-refractivity contribution in [1.29, 1.82) is 0 Å². The van der Waals surface area contributed by atoms with Gasteiger partial charge >= 0.3 is 0 Å². The Morgan fingerprint density at radius 1 is 1.43 bits per heavy atom. The first-order chi connectivity index (χ1) is 9.71. The van der Waals surface area contributed by atoms with E-state index in [9.17, 15) is 8.42 Å². The second-order valence-corrected chi connectivity index (χ2v) is 9.70. The minimum Gasteiger partial charge on any atom is -0.493 e. The van der Waals surface area contributed by atoms with E-state index in [1.165, 1.54) is 6.26 Å². The largest absolute Gasteiger partial charge is 0.493 e. The summed E-state index contributed by atoms with van der Waals surface area (Å²) in [6.07, 6.45) is 3.17. The predicted molar refractivity (Wildman–Crippen MR) is 88.5 cm³/mol. The average molecular weight is 376 g/mol. The summed E-state index contributed by atoms with van der Waals surface area (Å²) in [4.78, 5) is 0. The monoisotopic (exact) mass is 375 g/mol. The van der Waals surface area contributed by atoms with E-state index in [1.807, 2.05) is 18.2 Å². The lowest BCUT2D eigenvalue weighted by molar-refractivity contribution is 0.315. The molecule has 1 unspecified atom stereocenters. The molecule has 0 amide bonds. The number of rotatable bonds is 4. The van der Waals surface area contributed by atoms with E-state index < -0.39 is 14.6 Å². The van der Waals surface area contributed by atoms with E-state index in [4.69, 9.17) is 4.74 Å². The Hall–Kier alpha value is -0.590. The van der Waals surface area contributed by atoms with Gasteiger partial charge in [-0.1, -0.05) is 22.0 Å². The molecule has 6 heteroatoms. The second kappa shape index (κ2) is 6.26. The van der Waals surface area contributed by atoms with Gasteiger partial charge in [-0.25, -0.2) is 8.42 Å². The van der Waals surface area contributed by atoms with Crippen molar-refractivity contribution < 1.29 is 13.2 Å². The fraction of sp³-hybridized carbons (Fsp3) is 0.600. The Morgan fingerprint density at radius 3 is 2.81 bits per heavy atom. The quantitative estimate of drug-likeness (QED) is 0.878. The van der Waals surface area contributed by atoms with E-state index in [0.717, 1.165) is 28.6 Å². The molecule has 0 aliphatic carbocycles. The number of hydrogen-bond acceptors (Lipinski definition) is 4. The molecule has 0 spiro atoms. The average Bonchev–Trinajstić information content (AvgIpc) is 2.56. The first kappa shape index (κ1) is 16.8. The molecule has 1 aromatic rings. The highest BCUT2D eigenvalue weighted by atomic mass is 79.9. The van der Waals surface area contributed by atoms with Crippen LogP contribution in [0, 0.1) is 0 Å². The smallest absolute Gasteiger partial charge is 0.153 e.